The summed E-state index contributed by atoms with van der Waals surface area (Å²) >= 11 is 0. The zero-order valence-electron chi connectivity index (χ0n) is 18.4. The summed E-state index contributed by atoms with van der Waals surface area (Å²) < 4.78 is 5.28. The highest BCUT2D eigenvalue weighted by Gasteiger charge is 2.51. The third kappa shape index (κ3) is 4.41. The first-order chi connectivity index (χ1) is 15.2. The Morgan fingerprint density at radius 1 is 1.06 bits per heavy atom. The Morgan fingerprint density at radius 2 is 1.69 bits per heavy atom. The van der Waals surface area contributed by atoms with Crippen molar-refractivity contribution in [3.05, 3.63) is 53.6 Å². The minimum atomic E-state index is -1.24. The van der Waals surface area contributed by atoms with E-state index in [4.69, 9.17) is 4.74 Å². The van der Waals surface area contributed by atoms with Crippen molar-refractivity contribution in [3.63, 3.8) is 0 Å². The van der Waals surface area contributed by atoms with Crippen LogP contribution in [0.1, 0.15) is 31.4 Å². The molecule has 0 saturated carbocycles. The molecule has 0 spiro atoms. The van der Waals surface area contributed by atoms with Crippen LogP contribution in [0, 0.1) is 6.92 Å². The van der Waals surface area contributed by atoms with E-state index in [1.807, 2.05) is 6.92 Å². The van der Waals surface area contributed by atoms with E-state index in [9.17, 15) is 19.2 Å². The first-order valence-electron chi connectivity index (χ1n) is 10.2. The summed E-state index contributed by atoms with van der Waals surface area (Å²) in [5, 5.41) is 8.06. The summed E-state index contributed by atoms with van der Waals surface area (Å²) in [6, 6.07) is 11.2. The molecule has 1 heterocycles. The first-order valence-corrected chi connectivity index (χ1v) is 10.2. The number of aryl methyl sites for hydroxylation is 1. The molecule has 0 bridgehead atoms. The highest BCUT2D eigenvalue weighted by molar-refractivity contribution is 6.10. The number of rotatable bonds is 7. The topological polar surface area (TPSA) is 117 Å². The zero-order chi connectivity index (χ0) is 23.5. The Balaban J connectivity index is 1.74. The Hall–Kier alpha value is -3.88. The van der Waals surface area contributed by atoms with Crippen LogP contribution in [0.5, 0.6) is 5.75 Å². The van der Waals surface area contributed by atoms with Gasteiger partial charge in [0.25, 0.3) is 5.91 Å². The molecular weight excluding hydrogens is 412 g/mol. The van der Waals surface area contributed by atoms with Crippen molar-refractivity contribution in [2.24, 2.45) is 0 Å². The van der Waals surface area contributed by atoms with Crippen LogP contribution in [0.4, 0.5) is 16.2 Å². The lowest BCUT2D eigenvalue weighted by Gasteiger charge is -2.26. The van der Waals surface area contributed by atoms with Crippen molar-refractivity contribution < 1.29 is 23.9 Å². The lowest BCUT2D eigenvalue weighted by molar-refractivity contribution is -0.134. The van der Waals surface area contributed by atoms with E-state index >= 15 is 0 Å². The lowest BCUT2D eigenvalue weighted by atomic mass is 9.86. The lowest BCUT2D eigenvalue weighted by Crippen LogP contribution is -2.44. The maximum Gasteiger partial charge on any atom is 0.325 e. The molecule has 168 valence electrons. The number of nitrogens with one attached hydrogen (secondary N) is 3. The number of imide groups is 1. The smallest absolute Gasteiger partial charge is 0.325 e. The molecule has 5 amide bonds. The van der Waals surface area contributed by atoms with Crippen molar-refractivity contribution in [1.29, 1.82) is 0 Å². The molecule has 0 radical (unpaired) electrons. The Morgan fingerprint density at radius 3 is 2.22 bits per heavy atom. The molecular formula is C23H26N4O5. The number of anilines is 2. The van der Waals surface area contributed by atoms with Gasteiger partial charge in [0, 0.05) is 18.3 Å². The minimum Gasteiger partial charge on any atom is -0.496 e. The van der Waals surface area contributed by atoms with Crippen molar-refractivity contribution in [2.45, 2.75) is 32.7 Å². The van der Waals surface area contributed by atoms with Gasteiger partial charge in [-0.15, -0.1) is 0 Å². The number of hydrogen-bond acceptors (Lipinski definition) is 5. The normalized spacial score (nSPS) is 17.7. The predicted molar refractivity (Wildman–Crippen MR) is 119 cm³/mol. The largest absolute Gasteiger partial charge is 0.496 e. The number of carbonyl (C=O) groups is 4. The van der Waals surface area contributed by atoms with Crippen LogP contribution in [0.15, 0.2) is 42.5 Å². The fraction of sp³-hybridized carbons (Fsp3) is 0.304. The number of nitrogens with zero attached hydrogens (tertiary/aromatic N) is 1. The highest BCUT2D eigenvalue weighted by atomic mass is 16.5. The molecule has 1 unspecified atom stereocenters. The van der Waals surface area contributed by atoms with Crippen molar-refractivity contribution >= 4 is 35.1 Å². The van der Waals surface area contributed by atoms with Gasteiger partial charge in [-0.25, -0.2) is 4.79 Å². The number of carbonyl (C=O) groups excluding carboxylic acids is 4. The minimum absolute atomic E-state index is 0.202. The van der Waals surface area contributed by atoms with Gasteiger partial charge in [-0.1, -0.05) is 13.0 Å². The van der Waals surface area contributed by atoms with Crippen LogP contribution >= 0.6 is 0 Å². The summed E-state index contributed by atoms with van der Waals surface area (Å²) in [6.45, 7) is 4.64. The molecule has 1 fully saturated rings. The summed E-state index contributed by atoms with van der Waals surface area (Å²) in [5.74, 6) is -0.520. The van der Waals surface area contributed by atoms with Gasteiger partial charge in [0.15, 0.2) is 0 Å². The fourth-order valence-corrected chi connectivity index (χ4v) is 3.74. The Labute approximate surface area is 186 Å². The van der Waals surface area contributed by atoms with Gasteiger partial charge in [0.1, 0.15) is 17.8 Å². The first kappa shape index (κ1) is 22.8. The molecule has 1 aliphatic rings. The number of urea groups is 1. The molecule has 0 aliphatic carbocycles. The number of amides is 5. The molecule has 2 aromatic rings. The van der Waals surface area contributed by atoms with Crippen molar-refractivity contribution in [3.8, 4) is 5.75 Å². The van der Waals surface area contributed by atoms with Crippen LogP contribution in [-0.2, 0) is 19.9 Å². The summed E-state index contributed by atoms with van der Waals surface area (Å²) in [7, 11) is 1.56. The monoisotopic (exact) mass is 438 g/mol. The van der Waals surface area contributed by atoms with E-state index in [0.29, 0.717) is 29.1 Å². The number of benzene rings is 2. The highest BCUT2D eigenvalue weighted by Crippen LogP contribution is 2.34. The Bertz CT molecular complexity index is 1070. The zero-order valence-corrected chi connectivity index (χ0v) is 18.4. The van der Waals surface area contributed by atoms with Crippen LogP contribution in [0.25, 0.3) is 0 Å². The van der Waals surface area contributed by atoms with E-state index in [-0.39, 0.29) is 5.91 Å². The number of ether oxygens (including phenoxy) is 1. The van der Waals surface area contributed by atoms with E-state index in [0.717, 1.165) is 10.5 Å². The van der Waals surface area contributed by atoms with E-state index in [1.54, 1.807) is 56.5 Å². The number of hydrogen-bond donors (Lipinski definition) is 3. The quantitative estimate of drug-likeness (QED) is 0.575. The van der Waals surface area contributed by atoms with Crippen molar-refractivity contribution in [2.75, 3.05) is 24.3 Å². The molecule has 9 heteroatoms. The van der Waals surface area contributed by atoms with Gasteiger partial charge in [-0.3, -0.25) is 19.3 Å². The second-order valence-electron chi connectivity index (χ2n) is 7.57. The molecule has 1 saturated heterocycles. The second-order valence-corrected chi connectivity index (χ2v) is 7.57. The van der Waals surface area contributed by atoms with Gasteiger partial charge >= 0.3 is 6.03 Å². The van der Waals surface area contributed by atoms with E-state index < -0.39 is 29.9 Å². The van der Waals surface area contributed by atoms with Gasteiger partial charge in [0.2, 0.25) is 11.8 Å². The molecule has 32 heavy (non-hydrogen) atoms. The average molecular weight is 438 g/mol. The van der Waals surface area contributed by atoms with E-state index in [2.05, 4.69) is 16.0 Å². The average Bonchev–Trinajstić information content (AvgIpc) is 2.99. The molecule has 3 rings (SSSR count). The Kier molecular flexibility index (Phi) is 6.47. The second kappa shape index (κ2) is 9.09. The standard InChI is InChI=1S/C23H26N4O5/c1-5-23(16-6-11-19(32-4)14(2)12-16)21(30)27(22(31)26-23)13-20(29)25-18-9-7-17(8-10-18)24-15(3)28/h6-12H,5,13H2,1-4H3,(H,24,28)(H,25,29)(H,26,31). The maximum atomic E-state index is 13.3. The molecule has 3 N–H and O–H groups in total. The maximum absolute atomic E-state index is 13.3. The number of methoxy groups -OCH3 is 1. The molecule has 0 aromatic heterocycles. The predicted octanol–water partition coefficient (Wildman–Crippen LogP) is 2.76. The van der Waals surface area contributed by atoms with Crippen LogP contribution in [-0.4, -0.2) is 42.3 Å². The summed E-state index contributed by atoms with van der Waals surface area (Å²) in [5.41, 5.74) is 1.29. The third-order valence-electron chi connectivity index (χ3n) is 5.38. The fourth-order valence-electron chi connectivity index (χ4n) is 3.74. The van der Waals surface area contributed by atoms with Gasteiger partial charge in [-0.2, -0.15) is 0 Å². The molecule has 1 aliphatic heterocycles. The molecule has 9 nitrogen and oxygen atoms in total. The SMILES string of the molecule is CCC1(c2ccc(OC)c(C)c2)NC(=O)N(CC(=O)Nc2ccc(NC(C)=O)cc2)C1=O. The molecule has 2 aromatic carbocycles. The van der Waals surface area contributed by atoms with Crippen molar-refractivity contribution in [1.82, 2.24) is 10.2 Å². The summed E-state index contributed by atoms with van der Waals surface area (Å²) in [6.07, 6.45) is 0.325. The van der Waals surface area contributed by atoms with Crippen LogP contribution in [0.3, 0.4) is 0 Å². The summed E-state index contributed by atoms with van der Waals surface area (Å²) in [4.78, 5) is 50.4. The van der Waals surface area contributed by atoms with E-state index in [1.165, 1.54) is 6.92 Å². The third-order valence-corrected chi connectivity index (χ3v) is 5.38. The van der Waals surface area contributed by atoms with Crippen LogP contribution < -0.4 is 20.7 Å². The van der Waals surface area contributed by atoms with Gasteiger partial charge in [-0.05, 0) is 60.9 Å². The molecule has 1 atom stereocenters. The van der Waals surface area contributed by atoms with Crippen LogP contribution in [0.2, 0.25) is 0 Å². The van der Waals surface area contributed by atoms with Gasteiger partial charge in [0.05, 0.1) is 7.11 Å². The van der Waals surface area contributed by atoms with Gasteiger partial charge < -0.3 is 20.7 Å².